The first-order valence-corrected chi connectivity index (χ1v) is 9.75. The molecule has 1 aromatic carbocycles. The summed E-state index contributed by atoms with van der Waals surface area (Å²) < 4.78 is 0. The van der Waals surface area contributed by atoms with E-state index in [9.17, 15) is 9.59 Å². The molecule has 1 saturated heterocycles. The van der Waals surface area contributed by atoms with Crippen molar-refractivity contribution < 1.29 is 9.59 Å². The Kier molecular flexibility index (Phi) is 7.11. The second-order valence-electron chi connectivity index (χ2n) is 7.06. The van der Waals surface area contributed by atoms with Crippen molar-refractivity contribution in [3.63, 3.8) is 0 Å². The Morgan fingerprint density at radius 1 is 1.04 bits per heavy atom. The summed E-state index contributed by atoms with van der Waals surface area (Å²) in [6.45, 7) is 3.66. The van der Waals surface area contributed by atoms with Gasteiger partial charge in [-0.25, -0.2) is 0 Å². The average molecular weight is 365 g/mol. The molecule has 142 valence electrons. The van der Waals surface area contributed by atoms with Gasteiger partial charge in [0.25, 0.3) is 0 Å². The molecule has 2 aromatic rings. The van der Waals surface area contributed by atoms with Crippen LogP contribution >= 0.6 is 0 Å². The number of pyridine rings is 1. The predicted octanol–water partition coefficient (Wildman–Crippen LogP) is 3.71. The fraction of sp³-hybridized carbons (Fsp3) is 0.409. The first-order valence-electron chi connectivity index (χ1n) is 9.75. The minimum absolute atomic E-state index is 0.0633. The van der Waals surface area contributed by atoms with Crippen LogP contribution in [0.15, 0.2) is 48.8 Å². The van der Waals surface area contributed by atoms with E-state index in [4.69, 9.17) is 0 Å². The molecule has 1 aromatic heterocycles. The molecule has 0 atom stereocenters. The maximum Gasteiger partial charge on any atom is 0.224 e. The van der Waals surface area contributed by atoms with Gasteiger partial charge < -0.3 is 10.2 Å². The Morgan fingerprint density at radius 3 is 2.52 bits per heavy atom. The zero-order valence-corrected chi connectivity index (χ0v) is 15.7. The molecule has 3 rings (SSSR count). The second kappa shape index (κ2) is 9.97. The number of Topliss-reactive ketones (excluding diaryl/α,β-unsaturated/α-hetero) is 1. The predicted molar refractivity (Wildman–Crippen MR) is 107 cm³/mol. The molecule has 27 heavy (non-hydrogen) atoms. The van der Waals surface area contributed by atoms with Crippen molar-refractivity contribution in [3.05, 3.63) is 59.9 Å². The monoisotopic (exact) mass is 365 g/mol. The van der Waals surface area contributed by atoms with Gasteiger partial charge >= 0.3 is 0 Å². The minimum Gasteiger partial charge on any atom is -0.326 e. The van der Waals surface area contributed by atoms with Crippen LogP contribution in [0.4, 0.5) is 5.69 Å². The molecule has 2 heterocycles. The van der Waals surface area contributed by atoms with Crippen LogP contribution in [0.3, 0.4) is 0 Å². The number of anilines is 1. The Hall–Kier alpha value is -2.53. The number of aromatic nitrogens is 1. The van der Waals surface area contributed by atoms with Gasteiger partial charge in [0, 0.05) is 36.5 Å². The molecule has 0 bridgehead atoms. The van der Waals surface area contributed by atoms with Crippen LogP contribution in [-0.4, -0.2) is 41.2 Å². The number of benzene rings is 1. The lowest BCUT2D eigenvalue weighted by Gasteiger charge is -2.14. The van der Waals surface area contributed by atoms with Gasteiger partial charge in [0.2, 0.25) is 5.91 Å². The molecular weight excluding hydrogens is 338 g/mol. The van der Waals surface area contributed by atoms with Crippen molar-refractivity contribution in [1.82, 2.24) is 9.88 Å². The Morgan fingerprint density at radius 2 is 1.81 bits per heavy atom. The van der Waals surface area contributed by atoms with Crippen molar-refractivity contribution in [2.75, 3.05) is 25.0 Å². The van der Waals surface area contributed by atoms with E-state index in [2.05, 4.69) is 27.3 Å². The maximum absolute atomic E-state index is 12.1. The molecule has 0 unspecified atom stereocenters. The highest BCUT2D eigenvalue weighted by molar-refractivity contribution is 5.99. The molecule has 1 fully saturated rings. The van der Waals surface area contributed by atoms with Crippen LogP contribution in [0.25, 0.3) is 0 Å². The van der Waals surface area contributed by atoms with E-state index in [-0.39, 0.29) is 24.5 Å². The van der Waals surface area contributed by atoms with Gasteiger partial charge in [-0.05, 0) is 75.1 Å². The van der Waals surface area contributed by atoms with Crippen molar-refractivity contribution in [2.24, 2.45) is 0 Å². The lowest BCUT2D eigenvalue weighted by atomic mass is 10.1. The van der Waals surface area contributed by atoms with E-state index in [1.165, 1.54) is 50.7 Å². The van der Waals surface area contributed by atoms with Crippen LogP contribution in [0.1, 0.15) is 48.0 Å². The Bertz CT molecular complexity index is 738. The number of amides is 1. The number of hydrogen-bond acceptors (Lipinski definition) is 4. The van der Waals surface area contributed by atoms with Gasteiger partial charge in [-0.1, -0.05) is 12.1 Å². The van der Waals surface area contributed by atoms with Crippen LogP contribution in [0.5, 0.6) is 0 Å². The Labute approximate surface area is 160 Å². The lowest BCUT2D eigenvalue weighted by molar-refractivity contribution is -0.116. The largest absolute Gasteiger partial charge is 0.326 e. The summed E-state index contributed by atoms with van der Waals surface area (Å²) in [5, 5.41) is 2.86. The topological polar surface area (TPSA) is 62.3 Å². The molecule has 1 aliphatic heterocycles. The minimum atomic E-state index is -0.144. The summed E-state index contributed by atoms with van der Waals surface area (Å²) in [6, 6.07) is 11.5. The molecule has 1 amide bonds. The molecule has 0 spiro atoms. The third-order valence-electron chi connectivity index (χ3n) is 4.94. The zero-order chi connectivity index (χ0) is 18.9. The highest BCUT2D eigenvalue weighted by Gasteiger charge is 2.11. The number of carbonyl (C=O) groups is 2. The number of ketones is 1. The number of aryl methyl sites for hydroxylation is 1. The normalized spacial score (nSPS) is 14.2. The summed E-state index contributed by atoms with van der Waals surface area (Å²) in [5.74, 6) is -0.208. The third kappa shape index (κ3) is 6.29. The van der Waals surface area contributed by atoms with Gasteiger partial charge in [-0.2, -0.15) is 0 Å². The Balaban J connectivity index is 1.38. The molecule has 0 radical (unpaired) electrons. The van der Waals surface area contributed by atoms with Gasteiger partial charge in [-0.15, -0.1) is 0 Å². The first-order chi connectivity index (χ1) is 13.2. The molecular formula is C22H27N3O2. The summed E-state index contributed by atoms with van der Waals surface area (Å²) in [5.41, 5.74) is 2.61. The summed E-state index contributed by atoms with van der Waals surface area (Å²) in [7, 11) is 0. The summed E-state index contributed by atoms with van der Waals surface area (Å²) >= 11 is 0. The van der Waals surface area contributed by atoms with Gasteiger partial charge in [0.05, 0.1) is 0 Å². The standard InChI is InChI=1S/C22H27N3O2/c26-21(19-6-3-13-23-17-19)11-12-22(27)24-20-9-7-18(8-10-20)5-4-16-25-14-1-2-15-25/h3,6-10,13,17H,1-2,4-5,11-12,14-16H2,(H,24,27). The molecule has 5 heteroatoms. The fourth-order valence-electron chi connectivity index (χ4n) is 3.39. The molecule has 1 aliphatic rings. The summed E-state index contributed by atoms with van der Waals surface area (Å²) in [4.78, 5) is 30.5. The van der Waals surface area contributed by atoms with E-state index in [0.717, 1.165) is 12.1 Å². The number of carbonyl (C=O) groups excluding carboxylic acids is 2. The number of nitrogens with one attached hydrogen (secondary N) is 1. The van der Waals surface area contributed by atoms with E-state index >= 15 is 0 Å². The second-order valence-corrected chi connectivity index (χ2v) is 7.06. The number of hydrogen-bond donors (Lipinski definition) is 1. The van der Waals surface area contributed by atoms with Crippen molar-refractivity contribution in [2.45, 2.75) is 38.5 Å². The third-order valence-corrected chi connectivity index (χ3v) is 4.94. The first kappa shape index (κ1) is 19.2. The molecule has 5 nitrogen and oxygen atoms in total. The molecule has 1 N–H and O–H groups in total. The van der Waals surface area contributed by atoms with Crippen molar-refractivity contribution in [3.8, 4) is 0 Å². The van der Waals surface area contributed by atoms with E-state index in [0.29, 0.717) is 5.56 Å². The quantitative estimate of drug-likeness (QED) is 0.688. The lowest BCUT2D eigenvalue weighted by Crippen LogP contribution is -2.20. The van der Waals surface area contributed by atoms with E-state index in [1.54, 1.807) is 18.3 Å². The van der Waals surface area contributed by atoms with E-state index < -0.39 is 0 Å². The SMILES string of the molecule is O=C(CCC(=O)c1cccnc1)Nc1ccc(CCCN2CCCC2)cc1. The average Bonchev–Trinajstić information content (AvgIpc) is 3.22. The zero-order valence-electron chi connectivity index (χ0n) is 15.7. The number of likely N-dealkylation sites (tertiary alicyclic amines) is 1. The number of nitrogens with zero attached hydrogens (tertiary/aromatic N) is 2. The fourth-order valence-corrected chi connectivity index (χ4v) is 3.39. The van der Waals surface area contributed by atoms with Crippen LogP contribution < -0.4 is 5.32 Å². The maximum atomic E-state index is 12.1. The van der Waals surface area contributed by atoms with Gasteiger partial charge in [0.1, 0.15) is 0 Å². The van der Waals surface area contributed by atoms with Crippen molar-refractivity contribution >= 4 is 17.4 Å². The molecule has 0 saturated carbocycles. The van der Waals surface area contributed by atoms with Gasteiger partial charge in [-0.3, -0.25) is 14.6 Å². The number of rotatable bonds is 9. The van der Waals surface area contributed by atoms with Gasteiger partial charge in [0.15, 0.2) is 5.78 Å². The highest BCUT2D eigenvalue weighted by atomic mass is 16.2. The highest BCUT2D eigenvalue weighted by Crippen LogP contribution is 2.14. The van der Waals surface area contributed by atoms with Crippen LogP contribution in [0.2, 0.25) is 0 Å². The molecule has 0 aliphatic carbocycles. The van der Waals surface area contributed by atoms with Crippen molar-refractivity contribution in [1.29, 1.82) is 0 Å². The smallest absolute Gasteiger partial charge is 0.224 e. The van der Waals surface area contributed by atoms with Crippen LogP contribution in [0, 0.1) is 0 Å². The van der Waals surface area contributed by atoms with Crippen LogP contribution in [-0.2, 0) is 11.2 Å². The summed E-state index contributed by atoms with van der Waals surface area (Å²) in [6.07, 6.45) is 8.41. The van der Waals surface area contributed by atoms with E-state index in [1.807, 2.05) is 12.1 Å².